The Labute approximate surface area is 148 Å². The zero-order valence-electron chi connectivity index (χ0n) is 14.2. The average molecular weight is 334 g/mol. The molecule has 24 heavy (non-hydrogen) atoms. The number of benzene rings is 2. The van der Waals surface area contributed by atoms with Crippen molar-refractivity contribution in [2.24, 2.45) is 0 Å². The van der Waals surface area contributed by atoms with Gasteiger partial charge in [-0.15, -0.1) is 11.3 Å². The number of aryl methyl sites for hydroxylation is 1. The average Bonchev–Trinajstić information content (AvgIpc) is 3.04. The SMILES string of the molecule is CCCCCCCc1ccc(-c2ccc3sc(C#N)cc3c2)cc1. The van der Waals surface area contributed by atoms with Gasteiger partial charge in [0.15, 0.2) is 0 Å². The number of thiophene rings is 1. The quantitative estimate of drug-likeness (QED) is 0.429. The maximum absolute atomic E-state index is 9.03. The number of rotatable bonds is 7. The predicted molar refractivity (Wildman–Crippen MR) is 104 cm³/mol. The molecular weight excluding hydrogens is 310 g/mol. The van der Waals surface area contributed by atoms with Gasteiger partial charge in [-0.3, -0.25) is 0 Å². The Bertz CT molecular complexity index is 837. The summed E-state index contributed by atoms with van der Waals surface area (Å²) >= 11 is 1.56. The van der Waals surface area contributed by atoms with Gasteiger partial charge in [-0.25, -0.2) is 0 Å². The van der Waals surface area contributed by atoms with Crippen molar-refractivity contribution < 1.29 is 0 Å². The largest absolute Gasteiger partial charge is 0.192 e. The summed E-state index contributed by atoms with van der Waals surface area (Å²) in [6.45, 7) is 2.26. The van der Waals surface area contributed by atoms with Crippen molar-refractivity contribution in [3.8, 4) is 17.2 Å². The minimum Gasteiger partial charge on any atom is -0.192 e. The van der Waals surface area contributed by atoms with Crippen molar-refractivity contribution in [1.82, 2.24) is 0 Å². The molecule has 3 aromatic rings. The molecule has 0 spiro atoms. The van der Waals surface area contributed by atoms with E-state index < -0.39 is 0 Å². The Morgan fingerprint density at radius 3 is 2.38 bits per heavy atom. The molecule has 0 aliphatic rings. The molecule has 122 valence electrons. The molecule has 0 saturated carbocycles. The molecule has 0 bridgehead atoms. The van der Waals surface area contributed by atoms with Gasteiger partial charge in [0.25, 0.3) is 0 Å². The standard InChI is InChI=1S/C22H23NS/c1-2-3-4-5-6-7-17-8-10-18(11-9-17)19-12-13-22-20(14-19)15-21(16-23)24-22/h8-15H,2-7H2,1H3. The Kier molecular flexibility index (Phi) is 5.67. The molecule has 0 N–H and O–H groups in total. The first-order chi connectivity index (χ1) is 11.8. The summed E-state index contributed by atoms with van der Waals surface area (Å²) in [5.41, 5.74) is 3.90. The van der Waals surface area contributed by atoms with Crippen molar-refractivity contribution in [3.05, 3.63) is 59.0 Å². The zero-order valence-corrected chi connectivity index (χ0v) is 15.0. The van der Waals surface area contributed by atoms with Gasteiger partial charge in [0.2, 0.25) is 0 Å². The summed E-state index contributed by atoms with van der Waals surface area (Å²) in [7, 11) is 0. The lowest BCUT2D eigenvalue weighted by Crippen LogP contribution is -1.86. The first-order valence-electron chi connectivity index (χ1n) is 8.83. The van der Waals surface area contributed by atoms with Gasteiger partial charge in [0.1, 0.15) is 10.9 Å². The minimum atomic E-state index is 0.778. The second kappa shape index (κ2) is 8.13. The van der Waals surface area contributed by atoms with Gasteiger partial charge < -0.3 is 0 Å². The summed E-state index contributed by atoms with van der Waals surface area (Å²) in [6, 6.07) is 19.6. The molecule has 1 aromatic heterocycles. The molecule has 1 nitrogen and oxygen atoms in total. The van der Waals surface area contributed by atoms with E-state index in [0.29, 0.717) is 0 Å². The monoisotopic (exact) mass is 333 g/mol. The maximum Gasteiger partial charge on any atom is 0.110 e. The lowest BCUT2D eigenvalue weighted by atomic mass is 10.00. The second-order valence-corrected chi connectivity index (χ2v) is 7.42. The Balaban J connectivity index is 1.68. The fourth-order valence-electron chi connectivity index (χ4n) is 3.07. The molecule has 2 aromatic carbocycles. The van der Waals surface area contributed by atoms with Crippen LogP contribution >= 0.6 is 11.3 Å². The number of nitriles is 1. The van der Waals surface area contributed by atoms with Gasteiger partial charge in [-0.1, -0.05) is 62.9 Å². The number of nitrogens with zero attached hydrogens (tertiary/aromatic N) is 1. The van der Waals surface area contributed by atoms with Crippen molar-refractivity contribution in [2.75, 3.05) is 0 Å². The normalized spacial score (nSPS) is 10.8. The van der Waals surface area contributed by atoms with E-state index in [2.05, 4.69) is 55.5 Å². The fraction of sp³-hybridized carbons (Fsp3) is 0.318. The highest BCUT2D eigenvalue weighted by Crippen LogP contribution is 2.30. The first kappa shape index (κ1) is 16.7. The van der Waals surface area contributed by atoms with Gasteiger partial charge in [0, 0.05) is 4.70 Å². The molecule has 0 radical (unpaired) electrons. The number of hydrogen-bond donors (Lipinski definition) is 0. The highest BCUT2D eigenvalue weighted by Gasteiger charge is 2.04. The summed E-state index contributed by atoms with van der Waals surface area (Å²) in [6.07, 6.45) is 7.83. The number of hydrogen-bond acceptors (Lipinski definition) is 2. The summed E-state index contributed by atoms with van der Waals surface area (Å²) < 4.78 is 1.18. The third-order valence-corrected chi connectivity index (χ3v) is 5.50. The van der Waals surface area contributed by atoms with Gasteiger partial charge in [0.05, 0.1) is 0 Å². The van der Waals surface area contributed by atoms with Crippen LogP contribution in [-0.2, 0) is 6.42 Å². The van der Waals surface area contributed by atoms with Gasteiger partial charge >= 0.3 is 0 Å². The summed E-state index contributed by atoms with van der Waals surface area (Å²) in [4.78, 5) is 0.778. The molecule has 0 unspecified atom stereocenters. The Hall–Kier alpha value is -2.11. The highest BCUT2D eigenvalue weighted by molar-refractivity contribution is 7.19. The van der Waals surface area contributed by atoms with E-state index in [1.54, 1.807) is 11.3 Å². The van der Waals surface area contributed by atoms with Crippen LogP contribution in [0.2, 0.25) is 0 Å². The molecule has 2 heteroatoms. The fourth-order valence-corrected chi connectivity index (χ4v) is 3.91. The molecule has 3 rings (SSSR count). The number of fused-ring (bicyclic) bond motifs is 1. The van der Waals surface area contributed by atoms with Crippen LogP contribution in [0, 0.1) is 11.3 Å². The smallest absolute Gasteiger partial charge is 0.110 e. The second-order valence-electron chi connectivity index (χ2n) is 6.34. The van der Waals surface area contributed by atoms with E-state index in [0.717, 1.165) is 10.3 Å². The topological polar surface area (TPSA) is 23.8 Å². The summed E-state index contributed by atoms with van der Waals surface area (Å²) in [5.74, 6) is 0. The lowest BCUT2D eigenvalue weighted by Gasteiger charge is -2.05. The Morgan fingerprint density at radius 2 is 1.62 bits per heavy atom. The molecule has 0 aliphatic carbocycles. The van der Waals surface area contributed by atoms with Crippen molar-refractivity contribution >= 4 is 21.4 Å². The molecule has 0 saturated heterocycles. The number of unbranched alkanes of at least 4 members (excludes halogenated alkanes) is 4. The maximum atomic E-state index is 9.03. The van der Waals surface area contributed by atoms with Crippen LogP contribution in [0.1, 0.15) is 49.5 Å². The van der Waals surface area contributed by atoms with E-state index in [-0.39, 0.29) is 0 Å². The molecule has 0 amide bonds. The minimum absolute atomic E-state index is 0.778. The molecule has 0 aliphatic heterocycles. The van der Waals surface area contributed by atoms with Gasteiger partial charge in [-0.05, 0) is 53.1 Å². The van der Waals surface area contributed by atoms with Crippen LogP contribution in [0.5, 0.6) is 0 Å². The van der Waals surface area contributed by atoms with Crippen LogP contribution < -0.4 is 0 Å². The summed E-state index contributed by atoms with van der Waals surface area (Å²) in [5, 5.41) is 10.2. The van der Waals surface area contributed by atoms with E-state index in [1.807, 2.05) is 6.07 Å². The first-order valence-corrected chi connectivity index (χ1v) is 9.65. The van der Waals surface area contributed by atoms with E-state index in [4.69, 9.17) is 5.26 Å². The van der Waals surface area contributed by atoms with Crippen LogP contribution in [0.15, 0.2) is 48.5 Å². The Morgan fingerprint density at radius 1 is 0.875 bits per heavy atom. The van der Waals surface area contributed by atoms with Crippen LogP contribution in [-0.4, -0.2) is 0 Å². The predicted octanol–water partition coefficient (Wildman–Crippen LogP) is 6.95. The van der Waals surface area contributed by atoms with Crippen molar-refractivity contribution in [1.29, 1.82) is 5.26 Å². The molecule has 0 fully saturated rings. The van der Waals surface area contributed by atoms with E-state index in [1.165, 1.54) is 59.9 Å². The molecule has 1 heterocycles. The third-order valence-electron chi connectivity index (χ3n) is 4.48. The lowest BCUT2D eigenvalue weighted by molar-refractivity contribution is 0.632. The molecular formula is C22H23NS. The van der Waals surface area contributed by atoms with Crippen LogP contribution in [0.25, 0.3) is 21.2 Å². The van der Waals surface area contributed by atoms with E-state index in [9.17, 15) is 0 Å². The molecule has 0 atom stereocenters. The van der Waals surface area contributed by atoms with Gasteiger partial charge in [-0.2, -0.15) is 5.26 Å². The van der Waals surface area contributed by atoms with Crippen LogP contribution in [0.4, 0.5) is 0 Å². The van der Waals surface area contributed by atoms with E-state index >= 15 is 0 Å². The van der Waals surface area contributed by atoms with Crippen LogP contribution in [0.3, 0.4) is 0 Å². The highest BCUT2D eigenvalue weighted by atomic mass is 32.1. The third kappa shape index (κ3) is 4.04. The van der Waals surface area contributed by atoms with Crippen molar-refractivity contribution in [3.63, 3.8) is 0 Å². The van der Waals surface area contributed by atoms with Crippen molar-refractivity contribution in [2.45, 2.75) is 45.4 Å². The zero-order chi connectivity index (χ0) is 16.8.